The Morgan fingerprint density at radius 1 is 1.05 bits per heavy atom. The van der Waals surface area contributed by atoms with Crippen molar-refractivity contribution in [2.24, 2.45) is 23.2 Å². The second kappa shape index (κ2) is 6.12. The summed E-state index contributed by atoms with van der Waals surface area (Å²) in [5.74, 6) is 3.28. The Labute approximate surface area is 134 Å². The molecule has 4 bridgehead atoms. The number of nitrogens with one attached hydrogen (secondary N) is 2. The SMILES string of the molecule is O=C(C[NH+]1CCOCC1)NCCC12CC3CC(CC(C3)C1)C2. The summed E-state index contributed by atoms with van der Waals surface area (Å²) in [6.45, 7) is 5.08. The molecule has 1 aliphatic heterocycles. The predicted octanol–water partition coefficient (Wildman–Crippen LogP) is 0.624. The van der Waals surface area contributed by atoms with Gasteiger partial charge in [0.25, 0.3) is 5.91 Å². The Morgan fingerprint density at radius 3 is 2.23 bits per heavy atom. The third-order valence-electron chi connectivity index (χ3n) is 6.75. The Hall–Kier alpha value is -0.610. The van der Waals surface area contributed by atoms with Crippen molar-refractivity contribution >= 4 is 5.91 Å². The molecule has 0 unspecified atom stereocenters. The van der Waals surface area contributed by atoms with Crippen LogP contribution in [0.25, 0.3) is 0 Å². The molecule has 0 aromatic rings. The van der Waals surface area contributed by atoms with Crippen LogP contribution in [0.15, 0.2) is 0 Å². The first-order chi connectivity index (χ1) is 10.7. The van der Waals surface area contributed by atoms with Crippen molar-refractivity contribution in [2.45, 2.75) is 44.9 Å². The van der Waals surface area contributed by atoms with E-state index in [-0.39, 0.29) is 5.91 Å². The van der Waals surface area contributed by atoms with Gasteiger partial charge < -0.3 is 15.0 Å². The molecule has 0 radical (unpaired) electrons. The monoisotopic (exact) mass is 307 g/mol. The number of quaternary nitrogens is 1. The van der Waals surface area contributed by atoms with E-state index in [9.17, 15) is 4.79 Å². The lowest BCUT2D eigenvalue weighted by Crippen LogP contribution is -3.15. The van der Waals surface area contributed by atoms with Crippen LogP contribution in [0.5, 0.6) is 0 Å². The fourth-order valence-electron chi connectivity index (χ4n) is 6.19. The van der Waals surface area contributed by atoms with E-state index in [0.717, 1.165) is 50.6 Å². The van der Waals surface area contributed by atoms with Crippen LogP contribution in [-0.4, -0.2) is 45.3 Å². The van der Waals surface area contributed by atoms with Crippen LogP contribution in [0.1, 0.15) is 44.9 Å². The van der Waals surface area contributed by atoms with E-state index in [4.69, 9.17) is 4.74 Å². The molecule has 4 nitrogen and oxygen atoms in total. The molecule has 124 valence electrons. The summed E-state index contributed by atoms with van der Waals surface area (Å²) in [4.78, 5) is 13.5. The molecule has 1 heterocycles. The summed E-state index contributed by atoms with van der Waals surface area (Å²) >= 11 is 0. The van der Waals surface area contributed by atoms with E-state index in [2.05, 4.69) is 5.32 Å². The first-order valence-electron chi connectivity index (χ1n) is 9.39. The van der Waals surface area contributed by atoms with Gasteiger partial charge in [-0.05, 0) is 68.1 Å². The van der Waals surface area contributed by atoms with Crippen LogP contribution in [0.4, 0.5) is 0 Å². The highest BCUT2D eigenvalue weighted by molar-refractivity contribution is 5.76. The largest absolute Gasteiger partial charge is 0.370 e. The van der Waals surface area contributed by atoms with Crippen molar-refractivity contribution in [2.75, 3.05) is 39.4 Å². The van der Waals surface area contributed by atoms with Crippen molar-refractivity contribution in [1.82, 2.24) is 5.32 Å². The van der Waals surface area contributed by atoms with Gasteiger partial charge in [0.15, 0.2) is 6.54 Å². The van der Waals surface area contributed by atoms with Gasteiger partial charge in [0.1, 0.15) is 13.1 Å². The normalized spacial score (nSPS) is 40.8. The molecule has 4 aliphatic carbocycles. The molecule has 0 spiro atoms. The van der Waals surface area contributed by atoms with E-state index >= 15 is 0 Å². The van der Waals surface area contributed by atoms with Gasteiger partial charge >= 0.3 is 0 Å². The van der Waals surface area contributed by atoms with Crippen LogP contribution in [0.3, 0.4) is 0 Å². The van der Waals surface area contributed by atoms with Gasteiger partial charge in [0.2, 0.25) is 0 Å². The van der Waals surface area contributed by atoms with Crippen molar-refractivity contribution < 1.29 is 14.4 Å². The minimum atomic E-state index is 0.238. The zero-order valence-electron chi connectivity index (χ0n) is 13.7. The number of rotatable bonds is 5. The summed E-state index contributed by atoms with van der Waals surface area (Å²) in [7, 11) is 0. The maximum Gasteiger partial charge on any atom is 0.275 e. The summed E-state index contributed by atoms with van der Waals surface area (Å²) in [5.41, 5.74) is 0.591. The minimum Gasteiger partial charge on any atom is -0.370 e. The predicted molar refractivity (Wildman–Crippen MR) is 84.6 cm³/mol. The van der Waals surface area contributed by atoms with Crippen LogP contribution in [0.2, 0.25) is 0 Å². The number of hydrogen-bond acceptors (Lipinski definition) is 2. The molecular formula is C18H31N2O2+. The van der Waals surface area contributed by atoms with Crippen LogP contribution >= 0.6 is 0 Å². The lowest BCUT2D eigenvalue weighted by atomic mass is 9.49. The first-order valence-corrected chi connectivity index (χ1v) is 9.39. The van der Waals surface area contributed by atoms with Gasteiger partial charge in [-0.1, -0.05) is 0 Å². The fraction of sp³-hybridized carbons (Fsp3) is 0.944. The van der Waals surface area contributed by atoms with Crippen LogP contribution in [-0.2, 0) is 9.53 Å². The summed E-state index contributed by atoms with van der Waals surface area (Å²) < 4.78 is 5.35. The van der Waals surface area contributed by atoms with Gasteiger partial charge in [-0.3, -0.25) is 4.79 Å². The molecule has 22 heavy (non-hydrogen) atoms. The summed E-state index contributed by atoms with van der Waals surface area (Å²) in [5, 5.41) is 3.20. The third kappa shape index (κ3) is 3.18. The smallest absolute Gasteiger partial charge is 0.275 e. The highest BCUT2D eigenvalue weighted by atomic mass is 16.5. The lowest BCUT2D eigenvalue weighted by molar-refractivity contribution is -0.900. The number of carbonyl (C=O) groups excluding carboxylic acids is 1. The molecule has 5 fully saturated rings. The number of morpholine rings is 1. The van der Waals surface area contributed by atoms with Crippen LogP contribution in [0, 0.1) is 23.2 Å². The number of amides is 1. The van der Waals surface area contributed by atoms with E-state index in [0.29, 0.717) is 12.0 Å². The average Bonchev–Trinajstić information content (AvgIpc) is 2.46. The van der Waals surface area contributed by atoms with Gasteiger partial charge in [-0.15, -0.1) is 0 Å². The van der Waals surface area contributed by atoms with E-state index < -0.39 is 0 Å². The Kier molecular flexibility index (Phi) is 4.16. The third-order valence-corrected chi connectivity index (χ3v) is 6.75. The van der Waals surface area contributed by atoms with Crippen molar-refractivity contribution in [1.29, 1.82) is 0 Å². The second-order valence-corrected chi connectivity index (χ2v) is 8.56. The molecule has 4 heteroatoms. The second-order valence-electron chi connectivity index (χ2n) is 8.56. The lowest BCUT2D eigenvalue weighted by Gasteiger charge is -2.57. The van der Waals surface area contributed by atoms with Crippen LogP contribution < -0.4 is 10.2 Å². The molecule has 2 N–H and O–H groups in total. The maximum atomic E-state index is 12.1. The van der Waals surface area contributed by atoms with E-state index in [1.165, 1.54) is 49.8 Å². The zero-order chi connectivity index (χ0) is 15.0. The standard InChI is InChI=1S/C18H30N2O2/c21-17(13-20-3-5-22-6-4-20)19-2-1-18-10-14-7-15(11-18)9-16(8-14)12-18/h14-16H,1-13H2,(H,19,21)/p+1. The molecule has 5 aliphatic rings. The summed E-state index contributed by atoms with van der Waals surface area (Å²) in [6, 6.07) is 0. The van der Waals surface area contributed by atoms with Crippen molar-refractivity contribution in [3.8, 4) is 0 Å². The number of carbonyl (C=O) groups is 1. The zero-order valence-corrected chi connectivity index (χ0v) is 13.7. The van der Waals surface area contributed by atoms with E-state index in [1.807, 2.05) is 0 Å². The molecule has 1 amide bonds. The average molecular weight is 307 g/mol. The molecule has 5 rings (SSSR count). The maximum absolute atomic E-state index is 12.1. The molecule has 1 saturated heterocycles. The fourth-order valence-corrected chi connectivity index (χ4v) is 6.19. The topological polar surface area (TPSA) is 42.8 Å². The first kappa shape index (κ1) is 14.9. The molecule has 0 aromatic heterocycles. The highest BCUT2D eigenvalue weighted by Gasteiger charge is 2.50. The molecular weight excluding hydrogens is 276 g/mol. The van der Waals surface area contributed by atoms with Crippen molar-refractivity contribution in [3.63, 3.8) is 0 Å². The van der Waals surface area contributed by atoms with Gasteiger partial charge in [-0.25, -0.2) is 0 Å². The quantitative estimate of drug-likeness (QED) is 0.782. The summed E-state index contributed by atoms with van der Waals surface area (Å²) in [6.07, 6.45) is 10.1. The van der Waals surface area contributed by atoms with Gasteiger partial charge in [-0.2, -0.15) is 0 Å². The molecule has 4 saturated carbocycles. The number of ether oxygens (including phenoxy) is 1. The van der Waals surface area contributed by atoms with Gasteiger partial charge in [0.05, 0.1) is 13.2 Å². The van der Waals surface area contributed by atoms with Crippen molar-refractivity contribution in [3.05, 3.63) is 0 Å². The highest BCUT2D eigenvalue weighted by Crippen LogP contribution is 2.61. The molecule has 0 atom stereocenters. The van der Waals surface area contributed by atoms with E-state index in [1.54, 1.807) is 0 Å². The Morgan fingerprint density at radius 2 is 1.64 bits per heavy atom. The Balaban J connectivity index is 1.22. The molecule has 0 aromatic carbocycles. The van der Waals surface area contributed by atoms with Gasteiger partial charge in [0, 0.05) is 6.54 Å². The number of hydrogen-bond donors (Lipinski definition) is 2. The Bertz CT molecular complexity index is 382. The minimum absolute atomic E-state index is 0.238.